The van der Waals surface area contributed by atoms with Crippen LogP contribution >= 0.6 is 0 Å². The van der Waals surface area contributed by atoms with Crippen LogP contribution in [0.4, 0.5) is 11.4 Å². The Morgan fingerprint density at radius 2 is 0.821 bits per heavy atom. The lowest BCUT2D eigenvalue weighted by molar-refractivity contribution is 0.328. The highest BCUT2D eigenvalue weighted by Gasteiger charge is 2.22. The van der Waals surface area contributed by atoms with Crippen LogP contribution in [-0.2, 0) is 0 Å². The molecule has 0 spiro atoms. The molecule has 0 radical (unpaired) electrons. The third-order valence-electron chi connectivity index (χ3n) is 13.3. The molecule has 0 heterocycles. The highest BCUT2D eigenvalue weighted by Crippen LogP contribution is 2.39. The number of nitrogen functional groups attached to an aromatic ring is 2. The number of benzene rings is 4. The van der Waals surface area contributed by atoms with Crippen molar-refractivity contribution in [2.24, 2.45) is 5.92 Å². The highest BCUT2D eigenvalue weighted by atomic mass is 14.5. The van der Waals surface area contributed by atoms with Gasteiger partial charge in [0.05, 0.1) is 0 Å². The molecule has 0 aliphatic heterocycles. The lowest BCUT2D eigenvalue weighted by Crippen LogP contribution is -2.09. The summed E-state index contributed by atoms with van der Waals surface area (Å²) in [5.41, 5.74) is 25.5. The molecule has 5 rings (SSSR count). The SMILES string of the molecule is CCCCCCCCC(c1ccc(C(CCCC2CCCCC2)c2ccc(C(CCCCCCCC)c3ccc(N)cc3C)cc2)cc1)c1ccc(N)cc1C. The summed E-state index contributed by atoms with van der Waals surface area (Å²) in [6.07, 6.45) is 29.3. The van der Waals surface area contributed by atoms with Gasteiger partial charge >= 0.3 is 0 Å². The first-order chi connectivity index (χ1) is 27.4. The predicted molar refractivity (Wildman–Crippen MR) is 246 cm³/mol. The second kappa shape index (κ2) is 23.6. The summed E-state index contributed by atoms with van der Waals surface area (Å²) in [4.78, 5) is 0. The summed E-state index contributed by atoms with van der Waals surface area (Å²) in [5, 5.41) is 0. The van der Waals surface area contributed by atoms with Gasteiger partial charge in [0.25, 0.3) is 0 Å². The van der Waals surface area contributed by atoms with E-state index in [9.17, 15) is 0 Å². The van der Waals surface area contributed by atoms with Crippen molar-refractivity contribution in [1.29, 1.82) is 0 Å². The number of anilines is 2. The molecule has 0 bridgehead atoms. The molecule has 1 aliphatic rings. The van der Waals surface area contributed by atoms with E-state index in [0.29, 0.717) is 17.8 Å². The molecule has 0 amide bonds. The van der Waals surface area contributed by atoms with Gasteiger partial charge in [0, 0.05) is 29.1 Å². The lowest BCUT2D eigenvalue weighted by atomic mass is 9.80. The zero-order chi connectivity index (χ0) is 39.5. The summed E-state index contributed by atoms with van der Waals surface area (Å²) >= 11 is 0. The van der Waals surface area contributed by atoms with Gasteiger partial charge in [-0.15, -0.1) is 0 Å². The van der Waals surface area contributed by atoms with E-state index in [2.05, 4.69) is 113 Å². The van der Waals surface area contributed by atoms with E-state index in [1.165, 1.54) is 186 Å². The van der Waals surface area contributed by atoms with Crippen LogP contribution in [0.15, 0.2) is 84.9 Å². The average Bonchev–Trinajstić information content (AvgIpc) is 3.21. The molecule has 0 saturated heterocycles. The topological polar surface area (TPSA) is 52.0 Å². The van der Waals surface area contributed by atoms with Crippen LogP contribution in [0.1, 0.15) is 217 Å². The second-order valence-corrected chi connectivity index (χ2v) is 17.8. The van der Waals surface area contributed by atoms with Gasteiger partial charge in [-0.1, -0.05) is 197 Å². The quantitative estimate of drug-likeness (QED) is 0.0553. The fourth-order valence-corrected chi connectivity index (χ4v) is 9.97. The first-order valence-electron chi connectivity index (χ1n) is 23.3. The maximum absolute atomic E-state index is 6.23. The smallest absolute Gasteiger partial charge is 0.0316 e. The summed E-state index contributed by atoms with van der Waals surface area (Å²) in [5.74, 6) is 2.14. The molecule has 4 N–H and O–H groups in total. The first-order valence-corrected chi connectivity index (χ1v) is 23.3. The number of unbranched alkanes of at least 4 members (excludes halogenated alkanes) is 10. The third-order valence-corrected chi connectivity index (χ3v) is 13.3. The van der Waals surface area contributed by atoms with Gasteiger partial charge in [0.1, 0.15) is 0 Å². The van der Waals surface area contributed by atoms with Gasteiger partial charge in [-0.2, -0.15) is 0 Å². The van der Waals surface area contributed by atoms with E-state index in [4.69, 9.17) is 11.5 Å². The number of rotatable bonds is 24. The minimum Gasteiger partial charge on any atom is -0.399 e. The zero-order valence-electron chi connectivity index (χ0n) is 36.1. The zero-order valence-corrected chi connectivity index (χ0v) is 36.1. The molecule has 1 aliphatic carbocycles. The standard InChI is InChI=1S/C54H78N2/c1-5-7-9-11-13-18-24-53(50-37-35-48(55)39-41(50)3)46-31-27-44(28-32-46)52(26-20-23-43-21-16-15-17-22-43)45-29-33-47(34-30-45)54(25-19-14-12-10-8-6-2)51-38-36-49(56)40-42(51)4/h27-40,43,52-54H,5-26,55-56H2,1-4H3. The van der Waals surface area contributed by atoms with Crippen LogP contribution in [0, 0.1) is 19.8 Å². The summed E-state index contributed by atoms with van der Waals surface area (Å²) in [6.45, 7) is 9.09. The van der Waals surface area contributed by atoms with Crippen molar-refractivity contribution < 1.29 is 0 Å². The fraction of sp³-hybridized carbons (Fsp3) is 0.556. The van der Waals surface area contributed by atoms with Gasteiger partial charge in [-0.25, -0.2) is 0 Å². The van der Waals surface area contributed by atoms with E-state index in [1.807, 2.05) is 0 Å². The Hall–Kier alpha value is -3.52. The fourth-order valence-electron chi connectivity index (χ4n) is 9.97. The van der Waals surface area contributed by atoms with Crippen LogP contribution in [-0.4, -0.2) is 0 Å². The Balaban J connectivity index is 1.39. The van der Waals surface area contributed by atoms with Crippen LogP contribution in [0.3, 0.4) is 0 Å². The maximum atomic E-state index is 6.23. The third kappa shape index (κ3) is 13.3. The molecule has 1 fully saturated rings. The summed E-state index contributed by atoms with van der Waals surface area (Å²) in [7, 11) is 0. The second-order valence-electron chi connectivity index (χ2n) is 17.8. The minimum atomic E-state index is 0.403. The van der Waals surface area contributed by atoms with Gasteiger partial charge in [0.2, 0.25) is 0 Å². The Kier molecular flexibility index (Phi) is 18.4. The van der Waals surface area contributed by atoms with Crippen molar-refractivity contribution in [3.05, 3.63) is 129 Å². The molecular weight excluding hydrogens is 677 g/mol. The molecule has 1 saturated carbocycles. The number of hydrogen-bond donors (Lipinski definition) is 2. The highest BCUT2D eigenvalue weighted by molar-refractivity contribution is 5.50. The van der Waals surface area contributed by atoms with Crippen molar-refractivity contribution in [2.75, 3.05) is 11.5 Å². The van der Waals surface area contributed by atoms with Crippen LogP contribution < -0.4 is 11.5 Å². The maximum Gasteiger partial charge on any atom is 0.0316 e. The molecule has 0 aromatic heterocycles. The van der Waals surface area contributed by atoms with Crippen molar-refractivity contribution in [3.8, 4) is 0 Å². The molecule has 56 heavy (non-hydrogen) atoms. The van der Waals surface area contributed by atoms with Gasteiger partial charge in [0.15, 0.2) is 0 Å². The molecule has 304 valence electrons. The minimum absolute atomic E-state index is 0.403. The monoisotopic (exact) mass is 755 g/mol. The van der Waals surface area contributed by atoms with E-state index >= 15 is 0 Å². The Morgan fingerprint density at radius 1 is 0.446 bits per heavy atom. The molecule has 2 atom stereocenters. The van der Waals surface area contributed by atoms with E-state index in [0.717, 1.165) is 17.3 Å². The molecule has 4 aromatic rings. The number of aryl methyl sites for hydroxylation is 2. The molecular formula is C54H78N2. The van der Waals surface area contributed by atoms with Crippen LogP contribution in [0.2, 0.25) is 0 Å². The predicted octanol–water partition coefficient (Wildman–Crippen LogP) is 16.1. The summed E-state index contributed by atoms with van der Waals surface area (Å²) < 4.78 is 0. The van der Waals surface area contributed by atoms with Gasteiger partial charge < -0.3 is 11.5 Å². The van der Waals surface area contributed by atoms with E-state index in [-0.39, 0.29) is 0 Å². The van der Waals surface area contributed by atoms with E-state index < -0.39 is 0 Å². The molecule has 2 heteroatoms. The number of nitrogens with two attached hydrogens (primary N) is 2. The lowest BCUT2D eigenvalue weighted by Gasteiger charge is -2.25. The average molecular weight is 755 g/mol. The van der Waals surface area contributed by atoms with Gasteiger partial charge in [-0.05, 0) is 108 Å². The van der Waals surface area contributed by atoms with Crippen molar-refractivity contribution >= 4 is 11.4 Å². The van der Waals surface area contributed by atoms with Crippen LogP contribution in [0.25, 0.3) is 0 Å². The van der Waals surface area contributed by atoms with Crippen LogP contribution in [0.5, 0.6) is 0 Å². The van der Waals surface area contributed by atoms with Crippen molar-refractivity contribution in [3.63, 3.8) is 0 Å². The number of hydrogen-bond acceptors (Lipinski definition) is 2. The summed E-state index contributed by atoms with van der Waals surface area (Å²) in [6, 6.07) is 32.9. The molecule has 4 aromatic carbocycles. The Morgan fingerprint density at radius 3 is 1.23 bits per heavy atom. The normalized spacial score (nSPS) is 15.1. The Labute approximate surface area is 343 Å². The molecule has 2 unspecified atom stereocenters. The first kappa shape index (κ1) is 43.6. The van der Waals surface area contributed by atoms with E-state index in [1.54, 1.807) is 0 Å². The van der Waals surface area contributed by atoms with Crippen molar-refractivity contribution in [1.82, 2.24) is 0 Å². The molecule has 2 nitrogen and oxygen atoms in total. The van der Waals surface area contributed by atoms with Gasteiger partial charge in [-0.3, -0.25) is 0 Å². The Bertz CT molecular complexity index is 1560. The van der Waals surface area contributed by atoms with Crippen molar-refractivity contribution in [2.45, 2.75) is 187 Å². The largest absolute Gasteiger partial charge is 0.399 e.